The summed E-state index contributed by atoms with van der Waals surface area (Å²) in [6, 6.07) is 8.21. The fourth-order valence-electron chi connectivity index (χ4n) is 2.93. The third-order valence-electron chi connectivity index (χ3n) is 4.53. The third kappa shape index (κ3) is 3.01. The molecule has 0 unspecified atom stereocenters. The number of carbonyl (C=O) groups is 2. The molecule has 1 saturated carbocycles. The molecule has 1 aliphatic heterocycles. The maximum absolute atomic E-state index is 12.6. The number of piperazine rings is 1. The van der Waals surface area contributed by atoms with Crippen molar-refractivity contribution >= 4 is 11.8 Å². The van der Waals surface area contributed by atoms with E-state index < -0.39 is 0 Å². The van der Waals surface area contributed by atoms with Crippen LogP contribution < -0.4 is 0 Å². The Morgan fingerprint density at radius 3 is 2.23 bits per heavy atom. The SMILES string of the molecule is CC(C)(C)c1ccc(C(=O)N2CCN(C3CC3)C(=O)C2)cc1. The lowest BCUT2D eigenvalue weighted by Gasteiger charge is -2.34. The van der Waals surface area contributed by atoms with Gasteiger partial charge in [0, 0.05) is 24.7 Å². The predicted octanol–water partition coefficient (Wildman–Crippen LogP) is 2.43. The quantitative estimate of drug-likeness (QED) is 0.841. The summed E-state index contributed by atoms with van der Waals surface area (Å²) in [7, 11) is 0. The van der Waals surface area contributed by atoms with Gasteiger partial charge in [0.25, 0.3) is 5.91 Å². The molecule has 2 fully saturated rings. The number of carbonyl (C=O) groups excluding carboxylic acids is 2. The normalized spacial score (nSPS) is 19.5. The van der Waals surface area contributed by atoms with Gasteiger partial charge in [-0.1, -0.05) is 32.9 Å². The minimum Gasteiger partial charge on any atom is -0.336 e. The van der Waals surface area contributed by atoms with Crippen LogP contribution in [0.3, 0.4) is 0 Å². The Kier molecular flexibility index (Phi) is 3.71. The van der Waals surface area contributed by atoms with E-state index in [1.165, 1.54) is 5.56 Å². The zero-order chi connectivity index (χ0) is 15.9. The van der Waals surface area contributed by atoms with E-state index in [-0.39, 0.29) is 23.8 Å². The van der Waals surface area contributed by atoms with Crippen molar-refractivity contribution in [3.8, 4) is 0 Å². The van der Waals surface area contributed by atoms with Gasteiger partial charge >= 0.3 is 0 Å². The zero-order valence-corrected chi connectivity index (χ0v) is 13.6. The molecule has 1 aliphatic carbocycles. The van der Waals surface area contributed by atoms with Crippen LogP contribution in [0, 0.1) is 0 Å². The maximum Gasteiger partial charge on any atom is 0.254 e. The Bertz CT molecular complexity index is 582. The van der Waals surface area contributed by atoms with E-state index in [1.807, 2.05) is 29.2 Å². The van der Waals surface area contributed by atoms with Gasteiger partial charge in [0.05, 0.1) is 0 Å². The summed E-state index contributed by atoms with van der Waals surface area (Å²) >= 11 is 0. The van der Waals surface area contributed by atoms with Gasteiger partial charge in [0.15, 0.2) is 0 Å². The molecule has 0 atom stereocenters. The van der Waals surface area contributed by atoms with Crippen LogP contribution >= 0.6 is 0 Å². The van der Waals surface area contributed by atoms with Gasteiger partial charge < -0.3 is 9.80 Å². The summed E-state index contributed by atoms with van der Waals surface area (Å²) < 4.78 is 0. The number of hydrogen-bond acceptors (Lipinski definition) is 2. The Hall–Kier alpha value is -1.84. The first-order valence-electron chi connectivity index (χ1n) is 8.05. The standard InChI is InChI=1S/C18H24N2O2/c1-18(2,3)14-6-4-13(5-7-14)17(22)19-10-11-20(15-8-9-15)16(21)12-19/h4-7,15H,8-12H2,1-3H3. The molecule has 22 heavy (non-hydrogen) atoms. The lowest BCUT2D eigenvalue weighted by atomic mass is 9.86. The van der Waals surface area contributed by atoms with Crippen LogP contribution in [0.15, 0.2) is 24.3 Å². The molecule has 1 heterocycles. The minimum atomic E-state index is -0.0377. The topological polar surface area (TPSA) is 40.6 Å². The fourth-order valence-corrected chi connectivity index (χ4v) is 2.93. The summed E-state index contributed by atoms with van der Waals surface area (Å²) in [6.45, 7) is 7.99. The Morgan fingerprint density at radius 2 is 1.73 bits per heavy atom. The molecule has 1 aromatic carbocycles. The maximum atomic E-state index is 12.6. The van der Waals surface area contributed by atoms with E-state index in [0.717, 1.165) is 12.8 Å². The highest BCUT2D eigenvalue weighted by atomic mass is 16.2. The Morgan fingerprint density at radius 1 is 1.09 bits per heavy atom. The van der Waals surface area contributed by atoms with Crippen LogP contribution in [0.5, 0.6) is 0 Å². The van der Waals surface area contributed by atoms with Crippen molar-refractivity contribution in [1.82, 2.24) is 9.80 Å². The summed E-state index contributed by atoms with van der Waals surface area (Å²) in [5, 5.41) is 0. The second-order valence-corrected chi connectivity index (χ2v) is 7.37. The van der Waals surface area contributed by atoms with E-state index in [1.54, 1.807) is 4.90 Å². The monoisotopic (exact) mass is 300 g/mol. The molecule has 0 N–H and O–H groups in total. The highest BCUT2D eigenvalue weighted by Gasteiger charge is 2.36. The molecule has 0 radical (unpaired) electrons. The molecule has 0 aromatic heterocycles. The average Bonchev–Trinajstić information content (AvgIpc) is 3.30. The van der Waals surface area contributed by atoms with E-state index in [0.29, 0.717) is 24.7 Å². The lowest BCUT2D eigenvalue weighted by molar-refractivity contribution is -0.135. The van der Waals surface area contributed by atoms with Gasteiger partial charge in [-0.25, -0.2) is 0 Å². The first kappa shape index (κ1) is 15.1. The third-order valence-corrected chi connectivity index (χ3v) is 4.53. The number of amides is 2. The molecule has 0 bridgehead atoms. The van der Waals surface area contributed by atoms with E-state index in [9.17, 15) is 9.59 Å². The first-order valence-corrected chi connectivity index (χ1v) is 8.05. The van der Waals surface area contributed by atoms with Crippen molar-refractivity contribution < 1.29 is 9.59 Å². The van der Waals surface area contributed by atoms with Crippen molar-refractivity contribution in [3.05, 3.63) is 35.4 Å². The van der Waals surface area contributed by atoms with Crippen molar-refractivity contribution in [2.24, 2.45) is 0 Å². The van der Waals surface area contributed by atoms with Crippen molar-refractivity contribution in [3.63, 3.8) is 0 Å². The van der Waals surface area contributed by atoms with Gasteiger partial charge in [0.1, 0.15) is 6.54 Å². The van der Waals surface area contributed by atoms with Crippen LogP contribution in [-0.2, 0) is 10.2 Å². The zero-order valence-electron chi connectivity index (χ0n) is 13.6. The molecular formula is C18H24N2O2. The summed E-state index contributed by atoms with van der Waals surface area (Å²) in [5.74, 6) is 0.0534. The van der Waals surface area contributed by atoms with Crippen LogP contribution in [0.25, 0.3) is 0 Å². The van der Waals surface area contributed by atoms with E-state index >= 15 is 0 Å². The lowest BCUT2D eigenvalue weighted by Crippen LogP contribution is -2.52. The molecule has 2 amide bonds. The van der Waals surface area contributed by atoms with Gasteiger partial charge in [-0.3, -0.25) is 9.59 Å². The predicted molar refractivity (Wildman–Crippen MR) is 85.8 cm³/mol. The molecule has 1 aromatic rings. The molecule has 118 valence electrons. The molecule has 4 heteroatoms. The van der Waals surface area contributed by atoms with Gasteiger partial charge in [-0.05, 0) is 36.0 Å². The second-order valence-electron chi connectivity index (χ2n) is 7.37. The molecule has 3 rings (SSSR count). The summed E-state index contributed by atoms with van der Waals surface area (Å²) in [4.78, 5) is 28.3. The van der Waals surface area contributed by atoms with Gasteiger partial charge in [-0.15, -0.1) is 0 Å². The van der Waals surface area contributed by atoms with Crippen LogP contribution in [0.4, 0.5) is 0 Å². The molecule has 1 saturated heterocycles. The van der Waals surface area contributed by atoms with Crippen molar-refractivity contribution in [1.29, 1.82) is 0 Å². The second kappa shape index (κ2) is 5.41. The van der Waals surface area contributed by atoms with Crippen LogP contribution in [0.2, 0.25) is 0 Å². The number of hydrogen-bond donors (Lipinski definition) is 0. The van der Waals surface area contributed by atoms with Crippen LogP contribution in [-0.4, -0.2) is 47.3 Å². The minimum absolute atomic E-state index is 0.0377. The molecular weight excluding hydrogens is 276 g/mol. The van der Waals surface area contributed by atoms with Crippen molar-refractivity contribution in [2.75, 3.05) is 19.6 Å². The van der Waals surface area contributed by atoms with E-state index in [2.05, 4.69) is 20.8 Å². The Labute approximate surface area is 132 Å². The van der Waals surface area contributed by atoms with Crippen molar-refractivity contribution in [2.45, 2.75) is 45.1 Å². The molecule has 4 nitrogen and oxygen atoms in total. The number of benzene rings is 1. The van der Waals surface area contributed by atoms with E-state index in [4.69, 9.17) is 0 Å². The number of nitrogens with zero attached hydrogens (tertiary/aromatic N) is 2. The fraction of sp³-hybridized carbons (Fsp3) is 0.556. The van der Waals surface area contributed by atoms with Gasteiger partial charge in [-0.2, -0.15) is 0 Å². The highest BCUT2D eigenvalue weighted by molar-refractivity contribution is 5.97. The van der Waals surface area contributed by atoms with Gasteiger partial charge in [0.2, 0.25) is 5.91 Å². The Balaban J connectivity index is 1.67. The smallest absolute Gasteiger partial charge is 0.254 e. The molecule has 0 spiro atoms. The number of rotatable bonds is 2. The molecule has 2 aliphatic rings. The average molecular weight is 300 g/mol. The van der Waals surface area contributed by atoms with Crippen LogP contribution in [0.1, 0.15) is 49.5 Å². The summed E-state index contributed by atoms with van der Waals surface area (Å²) in [5.41, 5.74) is 1.95. The summed E-state index contributed by atoms with van der Waals surface area (Å²) in [6.07, 6.45) is 2.24. The highest BCUT2D eigenvalue weighted by Crippen LogP contribution is 2.28. The largest absolute Gasteiger partial charge is 0.336 e. The first-order chi connectivity index (χ1) is 10.4.